The van der Waals surface area contributed by atoms with Crippen molar-refractivity contribution in [3.05, 3.63) is 0 Å². The first kappa shape index (κ1) is 9.50. The van der Waals surface area contributed by atoms with Crippen LogP contribution < -0.4 is 0 Å². The van der Waals surface area contributed by atoms with Gasteiger partial charge in [-0.05, 0) is 13.3 Å². The Balaban J connectivity index is 2.31. The van der Waals surface area contributed by atoms with Gasteiger partial charge < -0.3 is 9.47 Å². The minimum Gasteiger partial charge on any atom is -0.372 e. The van der Waals surface area contributed by atoms with Crippen molar-refractivity contribution in [1.29, 1.82) is 5.26 Å². The summed E-state index contributed by atoms with van der Waals surface area (Å²) in [7, 11) is 0. The zero-order valence-electron chi connectivity index (χ0n) is 7.67. The van der Waals surface area contributed by atoms with Crippen molar-refractivity contribution in [3.8, 4) is 6.07 Å². The second-order valence-electron chi connectivity index (χ2n) is 3.13. The van der Waals surface area contributed by atoms with Crippen molar-refractivity contribution < 1.29 is 9.47 Å². The normalized spacial score (nSPS) is 33.9. The molecular weight excluding hydrogens is 154 g/mol. The molecule has 2 atom stereocenters. The van der Waals surface area contributed by atoms with Crippen LogP contribution in [0.3, 0.4) is 0 Å². The summed E-state index contributed by atoms with van der Waals surface area (Å²) < 4.78 is 10.9. The molecule has 1 rings (SSSR count). The topological polar surface area (TPSA) is 42.2 Å². The highest BCUT2D eigenvalue weighted by atomic mass is 16.6. The molecule has 12 heavy (non-hydrogen) atoms. The molecule has 0 aromatic carbocycles. The fourth-order valence-corrected chi connectivity index (χ4v) is 1.39. The van der Waals surface area contributed by atoms with Crippen molar-refractivity contribution >= 4 is 0 Å². The van der Waals surface area contributed by atoms with Crippen molar-refractivity contribution in [2.24, 2.45) is 0 Å². The number of hydrogen-bond acceptors (Lipinski definition) is 3. The van der Waals surface area contributed by atoms with Gasteiger partial charge in [-0.3, -0.25) is 0 Å². The lowest BCUT2D eigenvalue weighted by Gasteiger charge is -2.46. The van der Waals surface area contributed by atoms with E-state index in [9.17, 15) is 0 Å². The summed E-state index contributed by atoms with van der Waals surface area (Å²) >= 11 is 0. The summed E-state index contributed by atoms with van der Waals surface area (Å²) in [4.78, 5) is 0. The Labute approximate surface area is 73.3 Å². The zero-order valence-corrected chi connectivity index (χ0v) is 7.67. The molecule has 1 fully saturated rings. The Morgan fingerprint density at radius 3 is 2.83 bits per heavy atom. The van der Waals surface area contributed by atoms with Gasteiger partial charge in [0, 0.05) is 0 Å². The molecule has 0 aromatic rings. The highest BCUT2D eigenvalue weighted by Crippen LogP contribution is 2.32. The zero-order chi connectivity index (χ0) is 9.03. The molecule has 1 saturated heterocycles. The van der Waals surface area contributed by atoms with Crippen LogP contribution >= 0.6 is 0 Å². The Bertz CT molecular complexity index is 183. The minimum absolute atomic E-state index is 0.100. The van der Waals surface area contributed by atoms with Crippen LogP contribution in [0.5, 0.6) is 0 Å². The molecule has 3 heteroatoms. The molecule has 0 bridgehead atoms. The lowest BCUT2D eigenvalue weighted by molar-refractivity contribution is -0.254. The van der Waals surface area contributed by atoms with Crippen LogP contribution in [-0.2, 0) is 9.47 Å². The van der Waals surface area contributed by atoms with E-state index >= 15 is 0 Å². The molecule has 0 amide bonds. The van der Waals surface area contributed by atoms with Crippen LogP contribution in [-0.4, -0.2) is 24.9 Å². The van der Waals surface area contributed by atoms with Gasteiger partial charge in [0.1, 0.15) is 5.60 Å². The van der Waals surface area contributed by atoms with Crippen LogP contribution in [0.1, 0.15) is 26.7 Å². The maximum absolute atomic E-state index is 8.33. The first-order chi connectivity index (χ1) is 5.75. The predicted octanol–water partition coefficient (Wildman–Crippen LogP) is 1.48. The van der Waals surface area contributed by atoms with Gasteiger partial charge in [-0.15, -0.1) is 0 Å². The SMILES string of the molecule is CCC1(OCCC#N)COC1C. The fourth-order valence-electron chi connectivity index (χ4n) is 1.39. The molecule has 0 aromatic heterocycles. The quantitative estimate of drug-likeness (QED) is 0.599. The molecule has 1 aliphatic rings. The number of hydrogen-bond donors (Lipinski definition) is 0. The second kappa shape index (κ2) is 3.88. The average molecular weight is 169 g/mol. The summed E-state index contributed by atoms with van der Waals surface area (Å²) in [6.07, 6.45) is 1.61. The summed E-state index contributed by atoms with van der Waals surface area (Å²) in [5, 5.41) is 8.33. The van der Waals surface area contributed by atoms with E-state index in [0.717, 1.165) is 6.42 Å². The fraction of sp³-hybridized carbons (Fsp3) is 0.889. The van der Waals surface area contributed by atoms with E-state index in [2.05, 4.69) is 13.0 Å². The molecule has 0 N–H and O–H groups in total. The Kier molecular flexibility index (Phi) is 3.07. The molecule has 1 heterocycles. The Morgan fingerprint density at radius 1 is 1.75 bits per heavy atom. The monoisotopic (exact) mass is 169 g/mol. The first-order valence-corrected chi connectivity index (χ1v) is 4.37. The summed E-state index contributed by atoms with van der Waals surface area (Å²) in [6.45, 7) is 5.30. The van der Waals surface area contributed by atoms with E-state index in [-0.39, 0.29) is 11.7 Å². The van der Waals surface area contributed by atoms with Crippen molar-refractivity contribution in [2.75, 3.05) is 13.2 Å². The summed E-state index contributed by atoms with van der Waals surface area (Å²) in [5.74, 6) is 0. The van der Waals surface area contributed by atoms with E-state index in [4.69, 9.17) is 14.7 Å². The van der Waals surface area contributed by atoms with Gasteiger partial charge in [0.2, 0.25) is 0 Å². The lowest BCUT2D eigenvalue weighted by Crippen LogP contribution is -2.58. The van der Waals surface area contributed by atoms with Gasteiger partial charge in [0.25, 0.3) is 0 Å². The number of nitriles is 1. The smallest absolute Gasteiger partial charge is 0.117 e. The van der Waals surface area contributed by atoms with Crippen molar-refractivity contribution in [3.63, 3.8) is 0 Å². The highest BCUT2D eigenvalue weighted by molar-refractivity contribution is 4.94. The molecule has 0 aliphatic carbocycles. The minimum atomic E-state index is -0.100. The molecule has 68 valence electrons. The van der Waals surface area contributed by atoms with Gasteiger partial charge in [-0.1, -0.05) is 6.92 Å². The van der Waals surface area contributed by atoms with Gasteiger partial charge in [-0.25, -0.2) is 0 Å². The molecule has 0 radical (unpaired) electrons. The molecule has 0 saturated carbocycles. The maximum Gasteiger partial charge on any atom is 0.117 e. The van der Waals surface area contributed by atoms with E-state index in [1.54, 1.807) is 0 Å². The van der Waals surface area contributed by atoms with Gasteiger partial charge >= 0.3 is 0 Å². The number of ether oxygens (including phenoxy) is 2. The molecule has 3 nitrogen and oxygen atoms in total. The molecule has 2 unspecified atom stereocenters. The third kappa shape index (κ3) is 1.60. The van der Waals surface area contributed by atoms with Crippen LogP contribution in [0, 0.1) is 11.3 Å². The van der Waals surface area contributed by atoms with E-state index in [0.29, 0.717) is 19.6 Å². The van der Waals surface area contributed by atoms with Crippen LogP contribution in [0.15, 0.2) is 0 Å². The predicted molar refractivity (Wildman–Crippen MR) is 44.6 cm³/mol. The van der Waals surface area contributed by atoms with Gasteiger partial charge in [0.05, 0.1) is 31.8 Å². The van der Waals surface area contributed by atoms with Crippen LogP contribution in [0.25, 0.3) is 0 Å². The highest BCUT2D eigenvalue weighted by Gasteiger charge is 2.45. The standard InChI is InChI=1S/C9H15NO2/c1-3-9(7-11-8(9)2)12-6-4-5-10/h8H,3-4,6-7H2,1-2H3. The third-order valence-electron chi connectivity index (χ3n) is 2.52. The number of nitrogens with zero attached hydrogens (tertiary/aromatic N) is 1. The van der Waals surface area contributed by atoms with Gasteiger partial charge in [-0.2, -0.15) is 5.26 Å². The largest absolute Gasteiger partial charge is 0.372 e. The van der Waals surface area contributed by atoms with Gasteiger partial charge in [0.15, 0.2) is 0 Å². The van der Waals surface area contributed by atoms with Crippen molar-refractivity contribution in [2.45, 2.75) is 38.4 Å². The second-order valence-corrected chi connectivity index (χ2v) is 3.13. The van der Waals surface area contributed by atoms with Crippen LogP contribution in [0.2, 0.25) is 0 Å². The summed E-state index contributed by atoms with van der Waals surface area (Å²) in [6, 6.07) is 2.06. The lowest BCUT2D eigenvalue weighted by atomic mass is 9.90. The molecule has 1 aliphatic heterocycles. The summed E-state index contributed by atoms with van der Waals surface area (Å²) in [5.41, 5.74) is -0.100. The molecule has 0 spiro atoms. The maximum atomic E-state index is 8.33. The van der Waals surface area contributed by atoms with E-state index < -0.39 is 0 Å². The number of rotatable bonds is 4. The third-order valence-corrected chi connectivity index (χ3v) is 2.52. The average Bonchev–Trinajstić information content (AvgIpc) is 2.10. The van der Waals surface area contributed by atoms with Crippen LogP contribution in [0.4, 0.5) is 0 Å². The first-order valence-electron chi connectivity index (χ1n) is 4.37. The van der Waals surface area contributed by atoms with E-state index in [1.165, 1.54) is 0 Å². The van der Waals surface area contributed by atoms with Crippen molar-refractivity contribution in [1.82, 2.24) is 0 Å². The molecular formula is C9H15NO2. The van der Waals surface area contributed by atoms with E-state index in [1.807, 2.05) is 6.92 Å². The Hall–Kier alpha value is -0.590. The Morgan fingerprint density at radius 2 is 2.50 bits per heavy atom.